The Morgan fingerprint density at radius 1 is 1.00 bits per heavy atom. The molecule has 2 N–H and O–H groups in total. The maximum Gasteiger partial charge on any atom is 0.0958 e. The van der Waals surface area contributed by atoms with Gasteiger partial charge < -0.3 is 10.3 Å². The molecule has 0 aliphatic rings. The molecule has 0 aliphatic carbocycles. The first-order valence-electron chi connectivity index (χ1n) is 7.40. The minimum atomic E-state index is -0.0242. The molecule has 0 bridgehead atoms. The van der Waals surface area contributed by atoms with Gasteiger partial charge >= 0.3 is 0 Å². The van der Waals surface area contributed by atoms with Crippen LogP contribution in [0.2, 0.25) is 0 Å². The number of nitrogens with two attached hydrogens (primary N) is 1. The molecule has 3 aromatic rings. The topological polar surface area (TPSA) is 43.8 Å². The van der Waals surface area contributed by atoms with Gasteiger partial charge in [-0.15, -0.1) is 0 Å². The summed E-state index contributed by atoms with van der Waals surface area (Å²) in [7, 11) is 0. The fourth-order valence-electron chi connectivity index (χ4n) is 2.60. The molecule has 3 heteroatoms. The molecule has 3 rings (SSSR count). The highest BCUT2D eigenvalue weighted by atomic mass is 15.1. The number of hydrogen-bond acceptors (Lipinski definition) is 2. The third kappa shape index (κ3) is 2.83. The highest BCUT2D eigenvalue weighted by Gasteiger charge is 2.10. The van der Waals surface area contributed by atoms with Crippen LogP contribution in [-0.2, 0) is 6.54 Å². The molecular formula is C18H21N3. The number of imidazole rings is 1. The molecule has 0 amide bonds. The number of nitrogens with zero attached hydrogens (tertiary/aromatic N) is 2. The molecule has 3 nitrogen and oxygen atoms in total. The number of fused-ring (bicyclic) bond motifs is 1. The summed E-state index contributed by atoms with van der Waals surface area (Å²) in [5, 5.41) is 0. The predicted molar refractivity (Wildman–Crippen MR) is 87.2 cm³/mol. The van der Waals surface area contributed by atoms with Crippen molar-refractivity contribution in [3.05, 3.63) is 66.0 Å². The zero-order valence-electron chi connectivity index (χ0n) is 12.5. The first-order valence-corrected chi connectivity index (χ1v) is 7.40. The molecule has 0 aliphatic heterocycles. The maximum atomic E-state index is 6.35. The van der Waals surface area contributed by atoms with E-state index in [1.165, 1.54) is 5.56 Å². The number of hydrogen-bond donors (Lipinski definition) is 1. The lowest BCUT2D eigenvalue weighted by molar-refractivity contribution is 0.588. The summed E-state index contributed by atoms with van der Waals surface area (Å²) in [6, 6.07) is 16.7. The Labute approximate surface area is 125 Å². The van der Waals surface area contributed by atoms with Crippen LogP contribution >= 0.6 is 0 Å². The molecule has 1 aromatic heterocycles. The first kappa shape index (κ1) is 13.8. The van der Waals surface area contributed by atoms with Gasteiger partial charge in [0.25, 0.3) is 0 Å². The van der Waals surface area contributed by atoms with Gasteiger partial charge in [-0.1, -0.05) is 50.2 Å². The monoisotopic (exact) mass is 279 g/mol. The van der Waals surface area contributed by atoms with E-state index in [1.54, 1.807) is 0 Å². The van der Waals surface area contributed by atoms with Crippen molar-refractivity contribution in [1.29, 1.82) is 0 Å². The summed E-state index contributed by atoms with van der Waals surface area (Å²) in [6.45, 7) is 5.14. The first-order chi connectivity index (χ1) is 10.1. The Kier molecular flexibility index (Phi) is 3.76. The zero-order valence-corrected chi connectivity index (χ0v) is 12.5. The van der Waals surface area contributed by atoms with Crippen molar-refractivity contribution in [2.24, 2.45) is 5.73 Å². The van der Waals surface area contributed by atoms with Crippen molar-refractivity contribution in [3.63, 3.8) is 0 Å². The highest BCUT2D eigenvalue weighted by molar-refractivity contribution is 5.74. The Morgan fingerprint density at radius 3 is 2.38 bits per heavy atom. The molecule has 0 saturated carbocycles. The minimum Gasteiger partial charge on any atom is -0.329 e. The second-order valence-corrected chi connectivity index (χ2v) is 5.81. The summed E-state index contributed by atoms with van der Waals surface area (Å²) >= 11 is 0. The molecule has 2 aromatic carbocycles. The van der Waals surface area contributed by atoms with Gasteiger partial charge in [-0.3, -0.25) is 0 Å². The van der Waals surface area contributed by atoms with Gasteiger partial charge in [-0.05, 0) is 29.2 Å². The van der Waals surface area contributed by atoms with Gasteiger partial charge in [0, 0.05) is 12.6 Å². The quantitative estimate of drug-likeness (QED) is 0.788. The van der Waals surface area contributed by atoms with Crippen LogP contribution in [0.3, 0.4) is 0 Å². The standard InChI is InChI=1S/C18H21N3/c1-13(2)14-7-9-15(10-8-14)16(19)11-21-12-20-17-5-3-4-6-18(17)21/h3-10,12-13,16H,11,19H2,1-2H3. The van der Waals surface area contributed by atoms with E-state index in [4.69, 9.17) is 5.73 Å². The smallest absolute Gasteiger partial charge is 0.0958 e. The minimum absolute atomic E-state index is 0.0242. The van der Waals surface area contributed by atoms with Crippen molar-refractivity contribution in [3.8, 4) is 0 Å². The van der Waals surface area contributed by atoms with Gasteiger partial charge in [0.1, 0.15) is 0 Å². The summed E-state index contributed by atoms with van der Waals surface area (Å²) in [6.07, 6.45) is 1.87. The summed E-state index contributed by atoms with van der Waals surface area (Å²) in [5.74, 6) is 0.549. The van der Waals surface area contributed by atoms with Crippen molar-refractivity contribution in [2.75, 3.05) is 0 Å². The van der Waals surface area contributed by atoms with E-state index >= 15 is 0 Å². The van der Waals surface area contributed by atoms with Gasteiger partial charge in [-0.2, -0.15) is 0 Å². The zero-order chi connectivity index (χ0) is 14.8. The van der Waals surface area contributed by atoms with Crippen molar-refractivity contribution >= 4 is 11.0 Å². The average molecular weight is 279 g/mol. The van der Waals surface area contributed by atoms with Crippen LogP contribution in [0.5, 0.6) is 0 Å². The molecule has 21 heavy (non-hydrogen) atoms. The van der Waals surface area contributed by atoms with Gasteiger partial charge in [0.15, 0.2) is 0 Å². The second-order valence-electron chi connectivity index (χ2n) is 5.81. The van der Waals surface area contributed by atoms with Gasteiger partial charge in [-0.25, -0.2) is 4.98 Å². The van der Waals surface area contributed by atoms with E-state index in [-0.39, 0.29) is 6.04 Å². The number of benzene rings is 2. The summed E-state index contributed by atoms with van der Waals surface area (Å²) < 4.78 is 2.12. The fraction of sp³-hybridized carbons (Fsp3) is 0.278. The largest absolute Gasteiger partial charge is 0.329 e. The lowest BCUT2D eigenvalue weighted by Crippen LogP contribution is -2.17. The second kappa shape index (κ2) is 5.70. The molecule has 1 unspecified atom stereocenters. The molecule has 0 spiro atoms. The Bertz CT molecular complexity index is 726. The fourth-order valence-corrected chi connectivity index (χ4v) is 2.60. The van der Waals surface area contributed by atoms with E-state index in [9.17, 15) is 0 Å². The van der Waals surface area contributed by atoms with Crippen LogP contribution in [-0.4, -0.2) is 9.55 Å². The van der Waals surface area contributed by atoms with Crippen molar-refractivity contribution in [2.45, 2.75) is 32.4 Å². The third-order valence-electron chi connectivity index (χ3n) is 3.95. The van der Waals surface area contributed by atoms with Crippen LogP contribution in [0.15, 0.2) is 54.9 Å². The molecule has 1 atom stereocenters. The number of rotatable bonds is 4. The average Bonchev–Trinajstić information content (AvgIpc) is 2.91. The molecular weight excluding hydrogens is 258 g/mol. The molecule has 0 saturated heterocycles. The van der Waals surface area contributed by atoms with Crippen molar-refractivity contribution in [1.82, 2.24) is 9.55 Å². The van der Waals surface area contributed by atoms with E-state index in [0.29, 0.717) is 5.92 Å². The lowest BCUT2D eigenvalue weighted by Gasteiger charge is -2.15. The van der Waals surface area contributed by atoms with Crippen LogP contribution < -0.4 is 5.73 Å². The normalized spacial score (nSPS) is 13.0. The van der Waals surface area contributed by atoms with Crippen LogP contribution in [0.1, 0.15) is 36.9 Å². The van der Waals surface area contributed by atoms with Crippen LogP contribution in [0.4, 0.5) is 0 Å². The molecule has 0 fully saturated rings. The van der Waals surface area contributed by atoms with Crippen LogP contribution in [0.25, 0.3) is 11.0 Å². The number of para-hydroxylation sites is 2. The molecule has 0 radical (unpaired) electrons. The van der Waals surface area contributed by atoms with E-state index in [1.807, 2.05) is 24.5 Å². The number of aromatic nitrogens is 2. The Hall–Kier alpha value is -2.13. The van der Waals surface area contributed by atoms with Gasteiger partial charge in [0.2, 0.25) is 0 Å². The highest BCUT2D eigenvalue weighted by Crippen LogP contribution is 2.20. The van der Waals surface area contributed by atoms with E-state index < -0.39 is 0 Å². The van der Waals surface area contributed by atoms with Crippen molar-refractivity contribution < 1.29 is 0 Å². The Morgan fingerprint density at radius 2 is 1.67 bits per heavy atom. The van der Waals surface area contributed by atoms with E-state index in [2.05, 4.69) is 53.7 Å². The molecule has 1 heterocycles. The van der Waals surface area contributed by atoms with Gasteiger partial charge in [0.05, 0.1) is 17.4 Å². The summed E-state index contributed by atoms with van der Waals surface area (Å²) in [4.78, 5) is 4.41. The summed E-state index contributed by atoms with van der Waals surface area (Å²) in [5.41, 5.74) is 11.0. The SMILES string of the molecule is CC(C)c1ccc(C(N)Cn2cnc3ccccc32)cc1. The predicted octanol–water partition coefficient (Wildman–Crippen LogP) is 3.86. The Balaban J connectivity index is 1.81. The van der Waals surface area contributed by atoms with Crippen LogP contribution in [0, 0.1) is 0 Å². The molecule has 108 valence electrons. The third-order valence-corrected chi connectivity index (χ3v) is 3.95. The van der Waals surface area contributed by atoms with E-state index in [0.717, 1.165) is 23.1 Å². The maximum absolute atomic E-state index is 6.35. The lowest BCUT2D eigenvalue weighted by atomic mass is 9.99.